The third-order valence-electron chi connectivity index (χ3n) is 3.91. The summed E-state index contributed by atoms with van der Waals surface area (Å²) in [4.78, 5) is 2.39. The molecule has 3 N–H and O–H groups in total. The van der Waals surface area contributed by atoms with E-state index in [2.05, 4.69) is 54.4 Å². The van der Waals surface area contributed by atoms with Crippen LogP contribution in [0.25, 0.3) is 0 Å². The van der Waals surface area contributed by atoms with E-state index in [1.54, 1.807) is 0 Å². The summed E-state index contributed by atoms with van der Waals surface area (Å²) in [6.07, 6.45) is 2.50. The Balaban J connectivity index is 0.000000204. The zero-order chi connectivity index (χ0) is 14.6. The van der Waals surface area contributed by atoms with Crippen LogP contribution < -0.4 is 11.1 Å². The Labute approximate surface area is 124 Å². The number of nitrogens with two attached hydrogens (primary N) is 1. The average molecular weight is 277 g/mol. The van der Waals surface area contributed by atoms with Gasteiger partial charge in [0.1, 0.15) is 0 Å². The zero-order valence-corrected chi connectivity index (χ0v) is 13.1. The van der Waals surface area contributed by atoms with Gasteiger partial charge in [-0.25, -0.2) is 0 Å². The molecular formula is C17H31N3. The third-order valence-corrected chi connectivity index (χ3v) is 3.91. The van der Waals surface area contributed by atoms with E-state index in [4.69, 9.17) is 5.73 Å². The summed E-state index contributed by atoms with van der Waals surface area (Å²) in [5.74, 6) is 0.760. The summed E-state index contributed by atoms with van der Waals surface area (Å²) < 4.78 is 0. The van der Waals surface area contributed by atoms with Crippen LogP contribution in [0.3, 0.4) is 0 Å². The van der Waals surface area contributed by atoms with Crippen molar-refractivity contribution in [3.05, 3.63) is 35.9 Å². The Bertz CT molecular complexity index is 314. The Morgan fingerprint density at radius 1 is 1.10 bits per heavy atom. The Kier molecular flexibility index (Phi) is 9.29. The molecule has 1 aliphatic heterocycles. The summed E-state index contributed by atoms with van der Waals surface area (Å²) >= 11 is 0. The van der Waals surface area contributed by atoms with E-state index in [1.165, 1.54) is 18.4 Å². The second-order valence-electron chi connectivity index (χ2n) is 5.30. The molecule has 0 spiro atoms. The highest BCUT2D eigenvalue weighted by atomic mass is 15.2. The molecule has 0 saturated carbocycles. The quantitative estimate of drug-likeness (QED) is 0.868. The van der Waals surface area contributed by atoms with Gasteiger partial charge >= 0.3 is 0 Å². The van der Waals surface area contributed by atoms with Crippen LogP contribution in [0.2, 0.25) is 0 Å². The highest BCUT2D eigenvalue weighted by molar-refractivity contribution is 5.18. The summed E-state index contributed by atoms with van der Waals surface area (Å²) in [6, 6.07) is 10.8. The molecular weight excluding hydrogens is 246 g/mol. The SMILES string of the molecule is CCC(CC)c1ccccc1.NCCN1CCNCC1. The van der Waals surface area contributed by atoms with E-state index in [9.17, 15) is 0 Å². The van der Waals surface area contributed by atoms with E-state index >= 15 is 0 Å². The van der Waals surface area contributed by atoms with E-state index in [1.807, 2.05) is 0 Å². The minimum Gasteiger partial charge on any atom is -0.329 e. The zero-order valence-electron chi connectivity index (χ0n) is 13.1. The van der Waals surface area contributed by atoms with Crippen molar-refractivity contribution in [1.82, 2.24) is 10.2 Å². The maximum Gasteiger partial charge on any atom is 0.0108 e. The van der Waals surface area contributed by atoms with Crippen molar-refractivity contribution in [3.63, 3.8) is 0 Å². The normalized spacial score (nSPS) is 15.8. The van der Waals surface area contributed by atoms with Crippen molar-refractivity contribution in [2.45, 2.75) is 32.6 Å². The Morgan fingerprint density at radius 2 is 1.70 bits per heavy atom. The first kappa shape index (κ1) is 17.2. The molecule has 0 aliphatic carbocycles. The first-order chi connectivity index (χ1) is 9.81. The molecule has 1 heterocycles. The number of hydrogen-bond donors (Lipinski definition) is 2. The molecule has 114 valence electrons. The van der Waals surface area contributed by atoms with Crippen LogP contribution >= 0.6 is 0 Å². The average Bonchev–Trinajstić information content (AvgIpc) is 2.52. The van der Waals surface area contributed by atoms with Crippen LogP contribution in [0, 0.1) is 0 Å². The third kappa shape index (κ3) is 6.51. The minimum absolute atomic E-state index is 0.760. The van der Waals surface area contributed by atoms with E-state index in [0.29, 0.717) is 0 Å². The first-order valence-electron chi connectivity index (χ1n) is 7.99. The molecule has 0 atom stereocenters. The van der Waals surface area contributed by atoms with Gasteiger partial charge in [0.2, 0.25) is 0 Å². The molecule has 0 aromatic heterocycles. The van der Waals surface area contributed by atoms with Crippen LogP contribution in [0.5, 0.6) is 0 Å². The van der Waals surface area contributed by atoms with Gasteiger partial charge in [-0.05, 0) is 24.3 Å². The standard InChI is InChI=1S/C11H16.C6H15N3/c1-3-10(4-2)11-8-6-5-7-9-11;7-1-4-9-5-2-8-3-6-9/h5-10H,3-4H2,1-2H3;8H,1-7H2. The first-order valence-corrected chi connectivity index (χ1v) is 7.99. The van der Waals surface area contributed by atoms with E-state index in [-0.39, 0.29) is 0 Å². The minimum atomic E-state index is 0.760. The van der Waals surface area contributed by atoms with Crippen LogP contribution in [0.4, 0.5) is 0 Å². The largest absolute Gasteiger partial charge is 0.329 e. The number of rotatable bonds is 5. The number of nitrogens with one attached hydrogen (secondary N) is 1. The van der Waals surface area contributed by atoms with Gasteiger partial charge in [-0.1, -0.05) is 44.2 Å². The molecule has 1 saturated heterocycles. The monoisotopic (exact) mass is 277 g/mol. The van der Waals surface area contributed by atoms with Crippen molar-refractivity contribution in [2.24, 2.45) is 5.73 Å². The van der Waals surface area contributed by atoms with Gasteiger partial charge in [0, 0.05) is 39.3 Å². The lowest BCUT2D eigenvalue weighted by Crippen LogP contribution is -2.45. The van der Waals surface area contributed by atoms with Gasteiger partial charge in [-0.2, -0.15) is 0 Å². The lowest BCUT2D eigenvalue weighted by Gasteiger charge is -2.26. The highest BCUT2D eigenvalue weighted by Gasteiger charge is 2.06. The number of piperazine rings is 1. The lowest BCUT2D eigenvalue weighted by atomic mass is 9.94. The summed E-state index contributed by atoms with van der Waals surface area (Å²) in [5, 5.41) is 3.29. The molecule has 20 heavy (non-hydrogen) atoms. The lowest BCUT2D eigenvalue weighted by molar-refractivity contribution is 0.247. The molecule has 1 fully saturated rings. The van der Waals surface area contributed by atoms with Crippen LogP contribution in [-0.4, -0.2) is 44.2 Å². The topological polar surface area (TPSA) is 41.3 Å². The molecule has 3 heteroatoms. The van der Waals surface area contributed by atoms with Gasteiger partial charge in [-0.15, -0.1) is 0 Å². The summed E-state index contributed by atoms with van der Waals surface area (Å²) in [5.41, 5.74) is 6.88. The van der Waals surface area contributed by atoms with Gasteiger partial charge in [0.15, 0.2) is 0 Å². The molecule has 0 bridgehead atoms. The van der Waals surface area contributed by atoms with Crippen molar-refractivity contribution in [2.75, 3.05) is 39.3 Å². The molecule has 0 unspecified atom stereocenters. The second-order valence-corrected chi connectivity index (χ2v) is 5.30. The van der Waals surface area contributed by atoms with Crippen molar-refractivity contribution in [3.8, 4) is 0 Å². The van der Waals surface area contributed by atoms with Crippen molar-refractivity contribution in [1.29, 1.82) is 0 Å². The van der Waals surface area contributed by atoms with Gasteiger partial charge in [0.05, 0.1) is 0 Å². The number of hydrogen-bond acceptors (Lipinski definition) is 3. The fraction of sp³-hybridized carbons (Fsp3) is 0.647. The van der Waals surface area contributed by atoms with Gasteiger partial charge in [0.25, 0.3) is 0 Å². The fourth-order valence-corrected chi connectivity index (χ4v) is 2.60. The van der Waals surface area contributed by atoms with Gasteiger partial charge < -0.3 is 11.1 Å². The van der Waals surface area contributed by atoms with Crippen LogP contribution in [0.1, 0.15) is 38.2 Å². The molecule has 3 nitrogen and oxygen atoms in total. The Morgan fingerprint density at radius 3 is 2.20 bits per heavy atom. The van der Waals surface area contributed by atoms with Crippen LogP contribution in [-0.2, 0) is 0 Å². The van der Waals surface area contributed by atoms with Crippen LogP contribution in [0.15, 0.2) is 30.3 Å². The fourth-order valence-electron chi connectivity index (χ4n) is 2.60. The van der Waals surface area contributed by atoms with Crippen molar-refractivity contribution < 1.29 is 0 Å². The summed E-state index contributed by atoms with van der Waals surface area (Å²) in [7, 11) is 0. The highest BCUT2D eigenvalue weighted by Crippen LogP contribution is 2.21. The van der Waals surface area contributed by atoms with E-state index in [0.717, 1.165) is 45.2 Å². The predicted molar refractivity (Wildman–Crippen MR) is 88.1 cm³/mol. The molecule has 1 aromatic rings. The number of nitrogens with zero attached hydrogens (tertiary/aromatic N) is 1. The van der Waals surface area contributed by atoms with Gasteiger partial charge in [-0.3, -0.25) is 4.90 Å². The number of benzene rings is 1. The predicted octanol–water partition coefficient (Wildman–Crippen LogP) is 2.44. The summed E-state index contributed by atoms with van der Waals surface area (Å²) in [6.45, 7) is 10.9. The molecule has 1 aromatic carbocycles. The molecule has 2 rings (SSSR count). The molecule has 0 amide bonds. The maximum absolute atomic E-state index is 5.40. The second kappa shape index (κ2) is 10.8. The smallest absolute Gasteiger partial charge is 0.0108 e. The van der Waals surface area contributed by atoms with Crippen molar-refractivity contribution >= 4 is 0 Å². The van der Waals surface area contributed by atoms with E-state index < -0.39 is 0 Å². The Hall–Kier alpha value is -0.900. The maximum atomic E-state index is 5.40. The molecule has 1 aliphatic rings. The molecule has 0 radical (unpaired) electrons.